The molecule has 0 heterocycles. The minimum absolute atomic E-state index is 0.0982. The number of phosphoric acid groups is 1. The second-order valence-corrected chi connectivity index (χ2v) is 8.39. The van der Waals surface area contributed by atoms with Crippen molar-refractivity contribution in [2.75, 3.05) is 0 Å². The second-order valence-electron chi connectivity index (χ2n) is 7.06. The van der Waals surface area contributed by atoms with Gasteiger partial charge in [-0.2, -0.15) is 0 Å². The van der Waals surface area contributed by atoms with E-state index in [4.69, 9.17) is 9.05 Å². The Bertz CT molecular complexity index is 833. The van der Waals surface area contributed by atoms with Gasteiger partial charge in [0.15, 0.2) is 5.78 Å². The van der Waals surface area contributed by atoms with Crippen molar-refractivity contribution in [3.8, 4) is 5.75 Å². The third-order valence-corrected chi connectivity index (χ3v) is 5.78. The van der Waals surface area contributed by atoms with Crippen LogP contribution >= 0.6 is 7.82 Å². The smallest absolute Gasteiger partial charge is 0.404 e. The summed E-state index contributed by atoms with van der Waals surface area (Å²) < 4.78 is 23.2. The van der Waals surface area contributed by atoms with Crippen LogP contribution in [0.25, 0.3) is 0 Å². The molecule has 1 atom stereocenters. The molecule has 0 aliphatic heterocycles. The summed E-state index contributed by atoms with van der Waals surface area (Å²) in [6.07, 6.45) is 4.44. The van der Waals surface area contributed by atoms with Gasteiger partial charge < -0.3 is 4.52 Å². The lowest BCUT2D eigenvalue weighted by molar-refractivity contribution is 0.103. The largest absolute Gasteiger partial charge is 0.527 e. The van der Waals surface area contributed by atoms with E-state index in [2.05, 4.69) is 0 Å². The number of hydrogen-bond acceptors (Lipinski definition) is 4. The fraction of sp³-hybridized carbons (Fsp3) is 0.381. The Balaban J connectivity index is 1.78. The number of ketones is 1. The molecule has 1 aliphatic carbocycles. The summed E-state index contributed by atoms with van der Waals surface area (Å²) in [6.45, 7) is 3.51. The van der Waals surface area contributed by atoms with Crippen molar-refractivity contribution in [2.45, 2.75) is 52.1 Å². The Labute approximate surface area is 159 Å². The summed E-state index contributed by atoms with van der Waals surface area (Å²) in [6, 6.07) is 12.4. The first-order chi connectivity index (χ1) is 12.9. The molecule has 0 aromatic heterocycles. The molecular formula is C21H25O5P. The zero-order valence-electron chi connectivity index (χ0n) is 15.7. The van der Waals surface area contributed by atoms with Gasteiger partial charge in [-0.3, -0.25) is 14.2 Å². The molecule has 3 rings (SSSR count). The normalized spacial score (nSPS) is 17.3. The first-order valence-corrected chi connectivity index (χ1v) is 10.8. The first kappa shape index (κ1) is 19.8. The van der Waals surface area contributed by atoms with Crippen LogP contribution in [0.2, 0.25) is 0 Å². The van der Waals surface area contributed by atoms with Crippen molar-refractivity contribution in [1.29, 1.82) is 0 Å². The molecule has 1 unspecified atom stereocenters. The molecular weight excluding hydrogens is 363 g/mol. The number of aryl methyl sites for hydroxylation is 2. The van der Waals surface area contributed by atoms with Crippen LogP contribution in [0.1, 0.15) is 59.2 Å². The molecule has 5 nitrogen and oxygen atoms in total. The lowest BCUT2D eigenvalue weighted by atomic mass is 9.98. The van der Waals surface area contributed by atoms with E-state index in [0.29, 0.717) is 28.0 Å². The predicted molar refractivity (Wildman–Crippen MR) is 104 cm³/mol. The van der Waals surface area contributed by atoms with Gasteiger partial charge in [0.1, 0.15) is 5.75 Å². The zero-order valence-corrected chi connectivity index (χ0v) is 16.6. The quantitative estimate of drug-likeness (QED) is 0.532. The number of benzene rings is 2. The van der Waals surface area contributed by atoms with Gasteiger partial charge in [0.25, 0.3) is 0 Å². The van der Waals surface area contributed by atoms with E-state index in [-0.39, 0.29) is 11.9 Å². The number of rotatable bonds is 6. The number of carbonyl (C=O) groups is 1. The van der Waals surface area contributed by atoms with Gasteiger partial charge in [-0.15, -0.1) is 0 Å². The summed E-state index contributed by atoms with van der Waals surface area (Å²) in [7, 11) is -4.22. The predicted octanol–water partition coefficient (Wildman–Crippen LogP) is 5.36. The average Bonchev–Trinajstić information content (AvgIpc) is 2.65. The van der Waals surface area contributed by atoms with Gasteiger partial charge in [0.2, 0.25) is 0 Å². The average molecular weight is 388 g/mol. The molecule has 0 bridgehead atoms. The van der Waals surface area contributed by atoms with Crippen LogP contribution in [-0.4, -0.2) is 16.8 Å². The van der Waals surface area contributed by atoms with Crippen LogP contribution in [0.15, 0.2) is 42.5 Å². The molecule has 6 heteroatoms. The van der Waals surface area contributed by atoms with Crippen molar-refractivity contribution in [3.05, 3.63) is 64.7 Å². The van der Waals surface area contributed by atoms with Crippen LogP contribution in [0.5, 0.6) is 5.75 Å². The first-order valence-electron chi connectivity index (χ1n) is 9.27. The molecule has 0 saturated heterocycles. The summed E-state index contributed by atoms with van der Waals surface area (Å²) in [5, 5.41) is 0. The fourth-order valence-electron chi connectivity index (χ4n) is 3.48. The van der Waals surface area contributed by atoms with Gasteiger partial charge in [-0.25, -0.2) is 4.57 Å². The molecule has 2 aromatic rings. The summed E-state index contributed by atoms with van der Waals surface area (Å²) in [5.41, 5.74) is 2.36. The maximum Gasteiger partial charge on any atom is 0.527 e. The summed E-state index contributed by atoms with van der Waals surface area (Å²) in [5.74, 6) is 0.195. The van der Waals surface area contributed by atoms with E-state index in [1.807, 2.05) is 18.2 Å². The summed E-state index contributed by atoms with van der Waals surface area (Å²) in [4.78, 5) is 22.8. The third-order valence-electron chi connectivity index (χ3n) is 4.80. The van der Waals surface area contributed by atoms with Crippen molar-refractivity contribution in [2.24, 2.45) is 0 Å². The van der Waals surface area contributed by atoms with Gasteiger partial charge in [0, 0.05) is 11.1 Å². The highest BCUT2D eigenvalue weighted by Gasteiger charge is 2.30. The van der Waals surface area contributed by atoms with Crippen LogP contribution in [0.3, 0.4) is 0 Å². The minimum atomic E-state index is -4.22. The number of hydrogen-bond donors (Lipinski definition) is 1. The maximum atomic E-state index is 12.6. The van der Waals surface area contributed by atoms with Gasteiger partial charge in [-0.05, 0) is 49.9 Å². The fourth-order valence-corrected chi connectivity index (χ4v) is 4.63. The number of phosphoric ester groups is 1. The van der Waals surface area contributed by atoms with Crippen LogP contribution in [0, 0.1) is 13.8 Å². The lowest BCUT2D eigenvalue weighted by Crippen LogP contribution is -2.16. The van der Waals surface area contributed by atoms with Crippen molar-refractivity contribution in [3.63, 3.8) is 0 Å². The Kier molecular flexibility index (Phi) is 6.15. The highest BCUT2D eigenvalue weighted by Crippen LogP contribution is 2.48. The highest BCUT2D eigenvalue weighted by atomic mass is 31.2. The van der Waals surface area contributed by atoms with Gasteiger partial charge in [-0.1, -0.05) is 49.6 Å². The van der Waals surface area contributed by atoms with E-state index in [1.54, 1.807) is 38.1 Å². The number of carbonyl (C=O) groups excluding carboxylic acids is 1. The van der Waals surface area contributed by atoms with Gasteiger partial charge in [0.05, 0.1) is 6.10 Å². The molecule has 1 saturated carbocycles. The minimum Gasteiger partial charge on any atom is -0.404 e. The molecule has 0 radical (unpaired) electrons. The molecule has 1 aliphatic rings. The SMILES string of the molecule is Cc1cc(C(=O)c2ccccc2)cc(C)c1OP(=O)(O)OC1CCCCC1. The second kappa shape index (κ2) is 8.39. The standard InChI is InChI=1S/C21H25O5P/c1-15-13-18(20(22)17-9-5-3-6-10-17)14-16(2)21(15)26-27(23,24)25-19-11-7-4-8-12-19/h3,5-6,9-10,13-14,19H,4,7-8,11-12H2,1-2H3,(H,23,24). The van der Waals surface area contributed by atoms with E-state index in [9.17, 15) is 14.3 Å². The Morgan fingerprint density at radius 1 is 1.00 bits per heavy atom. The zero-order chi connectivity index (χ0) is 19.4. The Morgan fingerprint density at radius 2 is 1.59 bits per heavy atom. The van der Waals surface area contributed by atoms with Crippen LogP contribution < -0.4 is 4.52 Å². The maximum absolute atomic E-state index is 12.6. The Morgan fingerprint density at radius 3 is 2.19 bits per heavy atom. The molecule has 144 valence electrons. The van der Waals surface area contributed by atoms with Crippen LogP contribution in [-0.2, 0) is 9.09 Å². The van der Waals surface area contributed by atoms with E-state index < -0.39 is 7.82 Å². The van der Waals surface area contributed by atoms with Crippen molar-refractivity contribution < 1.29 is 23.3 Å². The molecule has 2 aromatic carbocycles. The Hall–Kier alpha value is -1.94. The highest BCUT2D eigenvalue weighted by molar-refractivity contribution is 7.47. The molecule has 27 heavy (non-hydrogen) atoms. The monoisotopic (exact) mass is 388 g/mol. The molecule has 0 spiro atoms. The summed E-state index contributed by atoms with van der Waals surface area (Å²) >= 11 is 0. The van der Waals surface area contributed by atoms with E-state index in [1.165, 1.54) is 0 Å². The van der Waals surface area contributed by atoms with E-state index >= 15 is 0 Å². The lowest BCUT2D eigenvalue weighted by Gasteiger charge is -2.25. The van der Waals surface area contributed by atoms with Gasteiger partial charge >= 0.3 is 7.82 Å². The van der Waals surface area contributed by atoms with Crippen molar-refractivity contribution in [1.82, 2.24) is 0 Å². The third kappa shape index (κ3) is 5.07. The molecule has 0 amide bonds. The van der Waals surface area contributed by atoms with E-state index in [0.717, 1.165) is 32.1 Å². The molecule has 1 fully saturated rings. The molecule has 1 N–H and O–H groups in total. The topological polar surface area (TPSA) is 72.8 Å². The van der Waals surface area contributed by atoms with Crippen molar-refractivity contribution >= 4 is 13.6 Å². The van der Waals surface area contributed by atoms with Crippen LogP contribution in [0.4, 0.5) is 0 Å².